The smallest absolute Gasteiger partial charge is 0.166 e. The molecule has 0 unspecified atom stereocenters. The topological polar surface area (TPSA) is 0 Å². The van der Waals surface area contributed by atoms with Crippen LogP contribution in [0.3, 0.4) is 0 Å². The van der Waals surface area contributed by atoms with Crippen molar-refractivity contribution in [2.75, 3.05) is 0 Å². The first-order valence-electron chi connectivity index (χ1n) is 5.71. The summed E-state index contributed by atoms with van der Waals surface area (Å²) in [7, 11) is 0. The first-order valence-corrected chi connectivity index (χ1v) is 5.71. The molecule has 96 valence electrons. The normalized spacial score (nSPS) is 11.1. The third-order valence-electron chi connectivity index (χ3n) is 2.80. The molecule has 0 nitrogen and oxygen atoms in total. The molecule has 19 heavy (non-hydrogen) atoms. The van der Waals surface area contributed by atoms with Crippen molar-refractivity contribution < 1.29 is 13.2 Å². The van der Waals surface area contributed by atoms with E-state index in [0.717, 1.165) is 11.6 Å². The fraction of sp³-hybridized carbons (Fsp3) is 0.125. The van der Waals surface area contributed by atoms with Gasteiger partial charge in [0.2, 0.25) is 0 Å². The van der Waals surface area contributed by atoms with E-state index in [1.807, 2.05) is 0 Å². The van der Waals surface area contributed by atoms with Crippen LogP contribution in [0.1, 0.15) is 11.1 Å². The van der Waals surface area contributed by atoms with E-state index in [-0.39, 0.29) is 5.56 Å². The molecular formula is C16H11F3. The van der Waals surface area contributed by atoms with Crippen molar-refractivity contribution in [1.29, 1.82) is 0 Å². The minimum atomic E-state index is -4.35. The third-order valence-corrected chi connectivity index (χ3v) is 2.80. The fourth-order valence-corrected chi connectivity index (χ4v) is 1.90. The van der Waals surface area contributed by atoms with Gasteiger partial charge in [0.05, 0.1) is 5.56 Å². The number of benzene rings is 2. The van der Waals surface area contributed by atoms with Gasteiger partial charge >= 0.3 is 6.18 Å². The Balaban J connectivity index is 2.45. The molecule has 3 heteroatoms. The summed E-state index contributed by atoms with van der Waals surface area (Å²) in [5, 5.41) is 0. The first-order chi connectivity index (χ1) is 9.02. The van der Waals surface area contributed by atoms with Gasteiger partial charge in [0.25, 0.3) is 0 Å². The second-order valence-electron chi connectivity index (χ2n) is 4.12. The van der Waals surface area contributed by atoms with Gasteiger partial charge in [-0.05, 0) is 22.8 Å². The van der Waals surface area contributed by atoms with Crippen molar-refractivity contribution in [3.8, 4) is 23.5 Å². The molecule has 2 rings (SSSR count). The molecule has 0 N–H and O–H groups in total. The van der Waals surface area contributed by atoms with Crippen LogP contribution in [-0.2, 0) is 12.6 Å². The molecular weight excluding hydrogens is 249 g/mol. The number of hydrogen-bond donors (Lipinski definition) is 0. The Morgan fingerprint density at radius 2 is 1.58 bits per heavy atom. The molecule has 0 atom stereocenters. The molecule has 0 saturated heterocycles. The van der Waals surface area contributed by atoms with Crippen molar-refractivity contribution in [1.82, 2.24) is 0 Å². The summed E-state index contributed by atoms with van der Waals surface area (Å²) in [6.45, 7) is 0. The molecule has 0 aliphatic heterocycles. The second-order valence-corrected chi connectivity index (χ2v) is 4.12. The average molecular weight is 260 g/mol. The van der Waals surface area contributed by atoms with E-state index in [0.29, 0.717) is 12.0 Å². The molecule has 0 amide bonds. The minimum Gasteiger partial charge on any atom is -0.166 e. The van der Waals surface area contributed by atoms with E-state index in [2.05, 4.69) is 5.92 Å². The van der Waals surface area contributed by atoms with Crippen molar-refractivity contribution in [2.24, 2.45) is 0 Å². The Morgan fingerprint density at radius 1 is 0.947 bits per heavy atom. The van der Waals surface area contributed by atoms with E-state index in [1.165, 1.54) is 12.1 Å². The maximum atomic E-state index is 12.9. The predicted octanol–water partition coefficient (Wildman–Crippen LogP) is 4.55. The Morgan fingerprint density at radius 3 is 2.16 bits per heavy atom. The van der Waals surface area contributed by atoms with Crippen LogP contribution < -0.4 is 0 Å². The number of hydrogen-bond acceptors (Lipinski definition) is 0. The van der Waals surface area contributed by atoms with E-state index >= 15 is 0 Å². The Bertz CT molecular complexity index is 601. The molecule has 0 aromatic heterocycles. The maximum absolute atomic E-state index is 12.9. The third kappa shape index (κ3) is 2.97. The van der Waals surface area contributed by atoms with Crippen molar-refractivity contribution in [3.05, 3.63) is 59.7 Å². The second kappa shape index (κ2) is 5.19. The standard InChI is InChI=1S/C16H11F3/c1-2-5-12-8-10-13(11-9-12)14-6-3-4-7-15(14)16(17,18)19/h1,3-4,6-11H,5H2. The Kier molecular flexibility index (Phi) is 3.62. The van der Waals surface area contributed by atoms with Crippen molar-refractivity contribution in [3.63, 3.8) is 0 Å². The van der Waals surface area contributed by atoms with Crippen LogP contribution in [0, 0.1) is 12.3 Å². The summed E-state index contributed by atoms with van der Waals surface area (Å²) in [5.74, 6) is 2.50. The SMILES string of the molecule is C#CCc1ccc(-c2ccccc2C(F)(F)F)cc1. The lowest BCUT2D eigenvalue weighted by Gasteiger charge is -2.12. The van der Waals surface area contributed by atoms with Gasteiger partial charge in [-0.3, -0.25) is 0 Å². The van der Waals surface area contributed by atoms with Crippen LogP contribution in [-0.4, -0.2) is 0 Å². The highest BCUT2D eigenvalue weighted by Gasteiger charge is 2.33. The number of rotatable bonds is 2. The van der Waals surface area contributed by atoms with Crippen LogP contribution in [0.25, 0.3) is 11.1 Å². The first kappa shape index (κ1) is 13.2. The van der Waals surface area contributed by atoms with Crippen LogP contribution in [0.2, 0.25) is 0 Å². The number of terminal acetylenes is 1. The summed E-state index contributed by atoms with van der Waals surface area (Å²) in [6.07, 6.45) is 1.31. The van der Waals surface area contributed by atoms with Crippen LogP contribution >= 0.6 is 0 Å². The highest BCUT2D eigenvalue weighted by Crippen LogP contribution is 2.36. The minimum absolute atomic E-state index is 0.183. The summed E-state index contributed by atoms with van der Waals surface area (Å²) >= 11 is 0. The van der Waals surface area contributed by atoms with Crippen LogP contribution in [0.15, 0.2) is 48.5 Å². The summed E-state index contributed by atoms with van der Waals surface area (Å²) < 4.78 is 38.7. The summed E-state index contributed by atoms with van der Waals surface area (Å²) in [5.41, 5.74) is 1.01. The van der Waals surface area contributed by atoms with Crippen molar-refractivity contribution in [2.45, 2.75) is 12.6 Å². The highest BCUT2D eigenvalue weighted by molar-refractivity contribution is 5.68. The van der Waals surface area contributed by atoms with Crippen LogP contribution in [0.4, 0.5) is 13.2 Å². The summed E-state index contributed by atoms with van der Waals surface area (Å²) in [4.78, 5) is 0. The monoisotopic (exact) mass is 260 g/mol. The van der Waals surface area contributed by atoms with Gasteiger partial charge in [-0.15, -0.1) is 12.3 Å². The number of alkyl halides is 3. The van der Waals surface area contributed by atoms with Crippen molar-refractivity contribution >= 4 is 0 Å². The van der Waals surface area contributed by atoms with Gasteiger partial charge in [-0.2, -0.15) is 13.2 Å². The molecule has 0 heterocycles. The predicted molar refractivity (Wildman–Crippen MR) is 69.4 cm³/mol. The fourth-order valence-electron chi connectivity index (χ4n) is 1.90. The zero-order valence-electron chi connectivity index (χ0n) is 10.0. The lowest BCUT2D eigenvalue weighted by Crippen LogP contribution is -2.06. The molecule has 0 radical (unpaired) electrons. The molecule has 2 aromatic rings. The number of halogens is 3. The maximum Gasteiger partial charge on any atom is 0.417 e. The lowest BCUT2D eigenvalue weighted by molar-refractivity contribution is -0.137. The van der Waals surface area contributed by atoms with Gasteiger partial charge in [-0.1, -0.05) is 42.5 Å². The van der Waals surface area contributed by atoms with E-state index in [1.54, 1.807) is 30.3 Å². The van der Waals surface area contributed by atoms with Gasteiger partial charge in [0, 0.05) is 6.42 Å². The van der Waals surface area contributed by atoms with Crippen LogP contribution in [0.5, 0.6) is 0 Å². The molecule has 0 aliphatic carbocycles. The lowest BCUT2D eigenvalue weighted by atomic mass is 9.98. The van der Waals surface area contributed by atoms with Gasteiger partial charge < -0.3 is 0 Å². The molecule has 0 saturated carbocycles. The average Bonchev–Trinajstić information content (AvgIpc) is 2.39. The van der Waals surface area contributed by atoms with E-state index in [4.69, 9.17) is 6.42 Å². The zero-order chi connectivity index (χ0) is 13.9. The highest BCUT2D eigenvalue weighted by atomic mass is 19.4. The molecule has 0 spiro atoms. The zero-order valence-corrected chi connectivity index (χ0v) is 10.0. The molecule has 0 bridgehead atoms. The van der Waals surface area contributed by atoms with Gasteiger partial charge in [0.15, 0.2) is 0 Å². The van der Waals surface area contributed by atoms with E-state index in [9.17, 15) is 13.2 Å². The largest absolute Gasteiger partial charge is 0.417 e. The molecule has 2 aromatic carbocycles. The Labute approximate surface area is 109 Å². The summed E-state index contributed by atoms with van der Waals surface area (Å²) in [6, 6.07) is 12.4. The van der Waals surface area contributed by atoms with Gasteiger partial charge in [0.1, 0.15) is 0 Å². The Hall–Kier alpha value is -2.21. The molecule has 0 aliphatic rings. The molecule has 0 fully saturated rings. The van der Waals surface area contributed by atoms with E-state index < -0.39 is 11.7 Å². The van der Waals surface area contributed by atoms with Gasteiger partial charge in [-0.25, -0.2) is 0 Å². The quantitative estimate of drug-likeness (QED) is 0.695.